The van der Waals surface area contributed by atoms with Gasteiger partial charge in [0.15, 0.2) is 0 Å². The molecule has 1 N–H and O–H groups in total. The van der Waals surface area contributed by atoms with E-state index in [9.17, 15) is 4.79 Å². The summed E-state index contributed by atoms with van der Waals surface area (Å²) in [6, 6.07) is 0. The van der Waals surface area contributed by atoms with E-state index in [1.807, 2.05) is 13.8 Å². The molecule has 0 aromatic heterocycles. The van der Waals surface area contributed by atoms with E-state index in [0.29, 0.717) is 6.61 Å². The van der Waals surface area contributed by atoms with Crippen molar-refractivity contribution < 1.29 is 9.53 Å². The summed E-state index contributed by atoms with van der Waals surface area (Å²) in [5, 5.41) is 3.08. The quantitative estimate of drug-likeness (QED) is 0.708. The van der Waals surface area contributed by atoms with Crippen LogP contribution >= 0.6 is 0 Å². The summed E-state index contributed by atoms with van der Waals surface area (Å²) in [7, 11) is 3.90. The van der Waals surface area contributed by atoms with Crippen LogP contribution in [0.3, 0.4) is 0 Å². The SMILES string of the molecule is CCOC(=O)C(C)(CCN(C)CC(C)(C)C)NC. The molecule has 0 amide bonds. The Morgan fingerprint density at radius 1 is 1.28 bits per heavy atom. The number of nitrogens with zero attached hydrogens (tertiary/aromatic N) is 1. The van der Waals surface area contributed by atoms with Crippen molar-refractivity contribution in [2.24, 2.45) is 5.41 Å². The molecule has 1 atom stereocenters. The Hall–Kier alpha value is -0.610. The molecular formula is C14H30N2O2. The second-order valence-electron chi connectivity index (χ2n) is 6.35. The smallest absolute Gasteiger partial charge is 0.326 e. The van der Waals surface area contributed by atoms with Crippen molar-refractivity contribution in [3.63, 3.8) is 0 Å². The highest BCUT2D eigenvalue weighted by atomic mass is 16.5. The minimum atomic E-state index is -0.595. The third-order valence-electron chi connectivity index (χ3n) is 3.02. The van der Waals surface area contributed by atoms with Gasteiger partial charge in [-0.1, -0.05) is 20.8 Å². The van der Waals surface area contributed by atoms with E-state index in [1.54, 1.807) is 7.05 Å². The molecule has 0 spiro atoms. The van der Waals surface area contributed by atoms with Gasteiger partial charge in [0, 0.05) is 13.1 Å². The van der Waals surface area contributed by atoms with Crippen molar-refractivity contribution in [1.82, 2.24) is 10.2 Å². The van der Waals surface area contributed by atoms with Crippen LogP contribution < -0.4 is 5.32 Å². The highest BCUT2D eigenvalue weighted by molar-refractivity contribution is 5.80. The van der Waals surface area contributed by atoms with Gasteiger partial charge in [-0.2, -0.15) is 0 Å². The van der Waals surface area contributed by atoms with Crippen LogP contribution in [0.25, 0.3) is 0 Å². The molecule has 0 aromatic carbocycles. The molecule has 108 valence electrons. The van der Waals surface area contributed by atoms with Crippen LogP contribution in [0.5, 0.6) is 0 Å². The number of hydrogen-bond donors (Lipinski definition) is 1. The van der Waals surface area contributed by atoms with Gasteiger partial charge < -0.3 is 15.0 Å². The van der Waals surface area contributed by atoms with Crippen molar-refractivity contribution in [3.8, 4) is 0 Å². The molecule has 0 aliphatic carbocycles. The van der Waals surface area contributed by atoms with Gasteiger partial charge in [0.2, 0.25) is 0 Å². The highest BCUT2D eigenvalue weighted by Gasteiger charge is 2.33. The standard InChI is InChI=1S/C14H30N2O2/c1-8-18-12(17)14(5,15-6)9-10-16(7)11-13(2,3)4/h15H,8-11H2,1-7H3. The number of esters is 1. The number of hydrogen-bond acceptors (Lipinski definition) is 4. The van der Waals surface area contributed by atoms with E-state index in [0.717, 1.165) is 19.5 Å². The van der Waals surface area contributed by atoms with E-state index >= 15 is 0 Å². The summed E-state index contributed by atoms with van der Waals surface area (Å²) >= 11 is 0. The second kappa shape index (κ2) is 7.10. The Kier molecular flexibility index (Phi) is 6.86. The first kappa shape index (κ1) is 17.4. The molecule has 18 heavy (non-hydrogen) atoms. The maximum absolute atomic E-state index is 11.9. The maximum atomic E-state index is 11.9. The zero-order valence-corrected chi connectivity index (χ0v) is 13.1. The first-order valence-electron chi connectivity index (χ1n) is 6.69. The van der Waals surface area contributed by atoms with Gasteiger partial charge in [-0.15, -0.1) is 0 Å². The van der Waals surface area contributed by atoms with Crippen molar-refractivity contribution in [2.45, 2.75) is 46.6 Å². The molecule has 0 bridgehead atoms. The topological polar surface area (TPSA) is 41.6 Å². The largest absolute Gasteiger partial charge is 0.465 e. The lowest BCUT2D eigenvalue weighted by atomic mass is 9.94. The van der Waals surface area contributed by atoms with E-state index in [1.165, 1.54) is 0 Å². The molecule has 0 saturated heterocycles. The summed E-state index contributed by atoms with van der Waals surface area (Å²) in [5.74, 6) is -0.170. The molecule has 0 aliphatic heterocycles. The Labute approximate surface area is 112 Å². The normalized spacial score (nSPS) is 15.6. The van der Waals surface area contributed by atoms with Gasteiger partial charge in [0.1, 0.15) is 5.54 Å². The van der Waals surface area contributed by atoms with Crippen molar-refractivity contribution in [1.29, 1.82) is 0 Å². The van der Waals surface area contributed by atoms with Gasteiger partial charge in [0.25, 0.3) is 0 Å². The van der Waals surface area contributed by atoms with Crippen LogP contribution in [0.4, 0.5) is 0 Å². The number of carbonyl (C=O) groups excluding carboxylic acids is 1. The fourth-order valence-electron chi connectivity index (χ4n) is 1.92. The third kappa shape index (κ3) is 6.36. The summed E-state index contributed by atoms with van der Waals surface area (Å²) in [6.07, 6.45) is 0.745. The molecular weight excluding hydrogens is 228 g/mol. The fourth-order valence-corrected chi connectivity index (χ4v) is 1.92. The molecule has 4 nitrogen and oxygen atoms in total. The van der Waals surface area contributed by atoms with Gasteiger partial charge in [-0.05, 0) is 39.8 Å². The number of ether oxygens (including phenoxy) is 1. The Morgan fingerprint density at radius 3 is 2.22 bits per heavy atom. The lowest BCUT2D eigenvalue weighted by Gasteiger charge is -2.31. The monoisotopic (exact) mass is 258 g/mol. The first-order valence-corrected chi connectivity index (χ1v) is 6.69. The maximum Gasteiger partial charge on any atom is 0.326 e. The van der Waals surface area contributed by atoms with Crippen LogP contribution in [-0.2, 0) is 9.53 Å². The van der Waals surface area contributed by atoms with E-state index in [4.69, 9.17) is 4.74 Å². The number of likely N-dealkylation sites (N-methyl/N-ethyl adjacent to an activating group) is 1. The van der Waals surface area contributed by atoms with Crippen LogP contribution in [0.15, 0.2) is 0 Å². The molecule has 1 unspecified atom stereocenters. The van der Waals surface area contributed by atoms with Crippen LogP contribution in [0.1, 0.15) is 41.0 Å². The Morgan fingerprint density at radius 2 is 1.83 bits per heavy atom. The minimum absolute atomic E-state index is 0.170. The molecule has 0 heterocycles. The van der Waals surface area contributed by atoms with Crippen LogP contribution in [-0.4, -0.2) is 50.2 Å². The van der Waals surface area contributed by atoms with E-state index in [-0.39, 0.29) is 11.4 Å². The highest BCUT2D eigenvalue weighted by Crippen LogP contribution is 2.17. The number of rotatable bonds is 7. The molecule has 0 aliphatic rings. The third-order valence-corrected chi connectivity index (χ3v) is 3.02. The molecule has 0 aromatic rings. The Balaban J connectivity index is 4.34. The molecule has 0 saturated carbocycles. The summed E-state index contributed by atoms with van der Waals surface area (Å²) in [6.45, 7) is 12.7. The zero-order chi connectivity index (χ0) is 14.4. The zero-order valence-electron chi connectivity index (χ0n) is 13.1. The van der Waals surface area contributed by atoms with Gasteiger partial charge >= 0.3 is 5.97 Å². The molecule has 0 rings (SSSR count). The van der Waals surface area contributed by atoms with Crippen LogP contribution in [0, 0.1) is 5.41 Å². The van der Waals surface area contributed by atoms with Crippen molar-refractivity contribution >= 4 is 5.97 Å². The average Bonchev–Trinajstić information content (AvgIpc) is 2.24. The summed E-state index contributed by atoms with van der Waals surface area (Å²) in [4.78, 5) is 14.1. The summed E-state index contributed by atoms with van der Waals surface area (Å²) in [5.41, 5.74) is -0.323. The predicted octanol–water partition coefficient (Wildman–Crippen LogP) is 1.90. The molecule has 4 heteroatoms. The predicted molar refractivity (Wildman–Crippen MR) is 75.7 cm³/mol. The Bertz CT molecular complexity index is 261. The minimum Gasteiger partial charge on any atom is -0.465 e. The number of carbonyl (C=O) groups is 1. The lowest BCUT2D eigenvalue weighted by Crippen LogP contribution is -2.50. The van der Waals surface area contributed by atoms with Gasteiger partial charge in [0.05, 0.1) is 6.61 Å². The van der Waals surface area contributed by atoms with Crippen LogP contribution in [0.2, 0.25) is 0 Å². The van der Waals surface area contributed by atoms with Crippen molar-refractivity contribution in [2.75, 3.05) is 33.8 Å². The summed E-state index contributed by atoms with van der Waals surface area (Å²) < 4.78 is 5.11. The second-order valence-corrected chi connectivity index (χ2v) is 6.35. The number of nitrogens with one attached hydrogen (secondary N) is 1. The first-order chi connectivity index (χ1) is 8.14. The molecule has 0 fully saturated rings. The van der Waals surface area contributed by atoms with E-state index in [2.05, 4.69) is 38.0 Å². The molecule has 0 radical (unpaired) electrons. The average molecular weight is 258 g/mol. The lowest BCUT2D eigenvalue weighted by molar-refractivity contribution is -0.150. The van der Waals surface area contributed by atoms with E-state index < -0.39 is 5.54 Å². The van der Waals surface area contributed by atoms with Gasteiger partial charge in [-0.3, -0.25) is 4.79 Å². The fraction of sp³-hybridized carbons (Fsp3) is 0.929. The van der Waals surface area contributed by atoms with Gasteiger partial charge in [-0.25, -0.2) is 0 Å². The van der Waals surface area contributed by atoms with Crippen molar-refractivity contribution in [3.05, 3.63) is 0 Å².